The topological polar surface area (TPSA) is 61.5 Å². The number of ether oxygens (including phenoxy) is 2. The van der Waals surface area contributed by atoms with Gasteiger partial charge < -0.3 is 15.2 Å². The summed E-state index contributed by atoms with van der Waals surface area (Å²) in [6, 6.07) is 0.109. The van der Waals surface area contributed by atoms with Crippen LogP contribution in [0.3, 0.4) is 0 Å². The van der Waals surface area contributed by atoms with Gasteiger partial charge in [0.1, 0.15) is 0 Å². The first kappa shape index (κ1) is 11.5. The van der Waals surface area contributed by atoms with E-state index in [4.69, 9.17) is 10.5 Å². The predicted molar refractivity (Wildman–Crippen MR) is 52.8 cm³/mol. The van der Waals surface area contributed by atoms with Crippen LogP contribution in [0.25, 0.3) is 0 Å². The van der Waals surface area contributed by atoms with Gasteiger partial charge in [-0.05, 0) is 25.2 Å². The van der Waals surface area contributed by atoms with Crippen LogP contribution < -0.4 is 5.73 Å². The highest BCUT2D eigenvalue weighted by Crippen LogP contribution is 2.20. The van der Waals surface area contributed by atoms with Crippen molar-refractivity contribution >= 4 is 5.97 Å². The SMILES string of the molecule is COC(=O)CCC(N)C1CCOCC1. The van der Waals surface area contributed by atoms with E-state index < -0.39 is 0 Å². The maximum absolute atomic E-state index is 10.9. The number of rotatable bonds is 4. The van der Waals surface area contributed by atoms with Crippen molar-refractivity contribution in [2.45, 2.75) is 31.7 Å². The van der Waals surface area contributed by atoms with Gasteiger partial charge in [0.25, 0.3) is 0 Å². The van der Waals surface area contributed by atoms with Gasteiger partial charge in [-0.2, -0.15) is 0 Å². The summed E-state index contributed by atoms with van der Waals surface area (Å²) in [7, 11) is 1.41. The lowest BCUT2D eigenvalue weighted by Crippen LogP contribution is -2.34. The monoisotopic (exact) mass is 201 g/mol. The highest BCUT2D eigenvalue weighted by Gasteiger charge is 2.21. The van der Waals surface area contributed by atoms with Gasteiger partial charge in [0, 0.05) is 25.7 Å². The van der Waals surface area contributed by atoms with Gasteiger partial charge in [0.05, 0.1) is 7.11 Å². The molecule has 0 saturated carbocycles. The van der Waals surface area contributed by atoms with Gasteiger partial charge in [-0.3, -0.25) is 4.79 Å². The minimum atomic E-state index is -0.174. The van der Waals surface area contributed by atoms with Crippen molar-refractivity contribution in [2.75, 3.05) is 20.3 Å². The second-order valence-electron chi connectivity index (χ2n) is 3.73. The van der Waals surface area contributed by atoms with Crippen molar-refractivity contribution < 1.29 is 14.3 Å². The van der Waals surface area contributed by atoms with Crippen LogP contribution in [0, 0.1) is 5.92 Å². The molecule has 2 N–H and O–H groups in total. The minimum Gasteiger partial charge on any atom is -0.469 e. The number of carbonyl (C=O) groups excluding carboxylic acids is 1. The molecule has 82 valence electrons. The molecule has 14 heavy (non-hydrogen) atoms. The fourth-order valence-corrected chi connectivity index (χ4v) is 1.77. The van der Waals surface area contributed by atoms with E-state index in [-0.39, 0.29) is 12.0 Å². The molecule has 1 saturated heterocycles. The summed E-state index contributed by atoms with van der Waals surface area (Å²) in [5, 5.41) is 0. The van der Waals surface area contributed by atoms with E-state index in [2.05, 4.69) is 4.74 Å². The molecule has 1 aliphatic rings. The number of hydrogen-bond acceptors (Lipinski definition) is 4. The van der Waals surface area contributed by atoms with E-state index >= 15 is 0 Å². The molecule has 1 unspecified atom stereocenters. The number of nitrogens with two attached hydrogens (primary N) is 1. The Morgan fingerprint density at radius 1 is 1.57 bits per heavy atom. The molecule has 0 radical (unpaired) electrons. The largest absolute Gasteiger partial charge is 0.469 e. The highest BCUT2D eigenvalue weighted by atomic mass is 16.5. The minimum absolute atomic E-state index is 0.109. The Kier molecular flexibility index (Phi) is 4.90. The highest BCUT2D eigenvalue weighted by molar-refractivity contribution is 5.69. The Balaban J connectivity index is 2.19. The van der Waals surface area contributed by atoms with Gasteiger partial charge in [-0.15, -0.1) is 0 Å². The molecule has 1 aliphatic heterocycles. The van der Waals surface area contributed by atoms with E-state index in [1.165, 1.54) is 7.11 Å². The molecule has 0 spiro atoms. The van der Waals surface area contributed by atoms with Crippen molar-refractivity contribution in [1.29, 1.82) is 0 Å². The molecule has 0 bridgehead atoms. The predicted octanol–water partition coefficient (Wildman–Crippen LogP) is 0.693. The molecule has 1 rings (SSSR count). The Labute approximate surface area is 84.7 Å². The zero-order valence-electron chi connectivity index (χ0n) is 8.70. The first-order valence-electron chi connectivity index (χ1n) is 5.14. The molecule has 0 aromatic heterocycles. The van der Waals surface area contributed by atoms with Gasteiger partial charge in [-0.25, -0.2) is 0 Å². The van der Waals surface area contributed by atoms with Gasteiger partial charge in [-0.1, -0.05) is 0 Å². The number of methoxy groups -OCH3 is 1. The van der Waals surface area contributed by atoms with Gasteiger partial charge in [0.2, 0.25) is 0 Å². The summed E-state index contributed by atoms with van der Waals surface area (Å²) in [6.45, 7) is 1.60. The zero-order valence-corrected chi connectivity index (χ0v) is 8.70. The quantitative estimate of drug-likeness (QED) is 0.680. The van der Waals surface area contributed by atoms with Crippen molar-refractivity contribution in [1.82, 2.24) is 0 Å². The molecular weight excluding hydrogens is 182 g/mol. The lowest BCUT2D eigenvalue weighted by Gasteiger charge is -2.27. The van der Waals surface area contributed by atoms with Crippen molar-refractivity contribution in [3.8, 4) is 0 Å². The summed E-state index contributed by atoms with van der Waals surface area (Å²) in [5.41, 5.74) is 5.99. The summed E-state index contributed by atoms with van der Waals surface area (Å²) in [4.78, 5) is 10.9. The van der Waals surface area contributed by atoms with Crippen LogP contribution >= 0.6 is 0 Å². The van der Waals surface area contributed by atoms with Crippen LogP contribution in [0.4, 0.5) is 0 Å². The van der Waals surface area contributed by atoms with Crippen LogP contribution in [0.1, 0.15) is 25.7 Å². The summed E-state index contributed by atoms with van der Waals surface area (Å²) >= 11 is 0. The molecule has 1 fully saturated rings. The lowest BCUT2D eigenvalue weighted by atomic mass is 9.90. The third-order valence-corrected chi connectivity index (χ3v) is 2.78. The van der Waals surface area contributed by atoms with E-state index in [1.807, 2.05) is 0 Å². The van der Waals surface area contributed by atoms with Crippen molar-refractivity contribution in [3.05, 3.63) is 0 Å². The molecule has 0 amide bonds. The van der Waals surface area contributed by atoms with Gasteiger partial charge >= 0.3 is 5.97 Å². The molecule has 4 heteroatoms. The maximum Gasteiger partial charge on any atom is 0.305 e. The summed E-state index contributed by atoms with van der Waals surface area (Å²) in [6.07, 6.45) is 3.18. The van der Waals surface area contributed by atoms with Crippen LogP contribution in [0.2, 0.25) is 0 Å². The molecule has 4 nitrogen and oxygen atoms in total. The molecule has 0 aromatic rings. The van der Waals surface area contributed by atoms with Crippen LogP contribution in [0.15, 0.2) is 0 Å². The number of carbonyl (C=O) groups is 1. The molecule has 0 aliphatic carbocycles. The lowest BCUT2D eigenvalue weighted by molar-refractivity contribution is -0.140. The van der Waals surface area contributed by atoms with Crippen LogP contribution in [-0.2, 0) is 14.3 Å². The summed E-state index contributed by atoms with van der Waals surface area (Å²) < 4.78 is 9.82. The molecular formula is C10H19NO3. The Morgan fingerprint density at radius 2 is 2.21 bits per heavy atom. The normalized spacial score (nSPS) is 20.4. The van der Waals surface area contributed by atoms with E-state index in [1.54, 1.807) is 0 Å². The smallest absolute Gasteiger partial charge is 0.305 e. The summed E-state index contributed by atoms with van der Waals surface area (Å²) in [5.74, 6) is 0.334. The number of hydrogen-bond donors (Lipinski definition) is 1. The fraction of sp³-hybridized carbons (Fsp3) is 0.900. The third kappa shape index (κ3) is 3.64. The second kappa shape index (κ2) is 5.98. The molecule has 1 heterocycles. The molecule has 1 atom stereocenters. The van der Waals surface area contributed by atoms with Crippen LogP contribution in [-0.4, -0.2) is 32.3 Å². The van der Waals surface area contributed by atoms with E-state index in [0.717, 1.165) is 32.5 Å². The average molecular weight is 201 g/mol. The van der Waals surface area contributed by atoms with Gasteiger partial charge in [0.15, 0.2) is 0 Å². The van der Waals surface area contributed by atoms with Crippen LogP contribution in [0.5, 0.6) is 0 Å². The van der Waals surface area contributed by atoms with Crippen molar-refractivity contribution in [3.63, 3.8) is 0 Å². The van der Waals surface area contributed by atoms with Crippen molar-refractivity contribution in [2.24, 2.45) is 11.7 Å². The Hall–Kier alpha value is -0.610. The first-order chi connectivity index (χ1) is 6.74. The zero-order chi connectivity index (χ0) is 10.4. The maximum atomic E-state index is 10.9. The standard InChI is InChI=1S/C10H19NO3/c1-13-10(12)3-2-9(11)8-4-6-14-7-5-8/h8-9H,2-7,11H2,1H3. The Bertz CT molecular complexity index is 178. The molecule has 0 aromatic carbocycles. The second-order valence-corrected chi connectivity index (χ2v) is 3.73. The average Bonchev–Trinajstić information content (AvgIpc) is 2.26. The third-order valence-electron chi connectivity index (χ3n) is 2.78. The fourth-order valence-electron chi connectivity index (χ4n) is 1.77. The number of esters is 1. The Morgan fingerprint density at radius 3 is 2.79 bits per heavy atom. The first-order valence-corrected chi connectivity index (χ1v) is 5.14. The van der Waals surface area contributed by atoms with E-state index in [9.17, 15) is 4.79 Å². The van der Waals surface area contributed by atoms with E-state index in [0.29, 0.717) is 12.3 Å².